The number of benzene rings is 5. The van der Waals surface area contributed by atoms with Crippen molar-refractivity contribution >= 4 is 35.2 Å². The molecule has 0 aliphatic carbocycles. The fraction of sp³-hybridized carbons (Fsp3) is 0.209. The molecule has 0 aromatic heterocycles. The molecule has 1 aliphatic rings. The van der Waals surface area contributed by atoms with Crippen LogP contribution in [0.25, 0.3) is 0 Å². The molecule has 0 saturated carbocycles. The summed E-state index contributed by atoms with van der Waals surface area (Å²) in [5, 5.41) is 4.23. The number of hydrogen-bond donors (Lipinski definition) is 2. The van der Waals surface area contributed by atoms with E-state index >= 15 is 0 Å². The van der Waals surface area contributed by atoms with Crippen molar-refractivity contribution in [2.24, 2.45) is 4.99 Å². The number of carbonyl (C=O) groups is 3. The summed E-state index contributed by atoms with van der Waals surface area (Å²) in [6.07, 6.45) is 0.0346. The van der Waals surface area contributed by atoms with Gasteiger partial charge in [-0.3, -0.25) is 14.9 Å². The minimum absolute atomic E-state index is 0.0319. The number of fused-ring (bicyclic) bond motifs is 1. The van der Waals surface area contributed by atoms with Crippen LogP contribution < -0.4 is 25.2 Å². The zero-order valence-corrected chi connectivity index (χ0v) is 30.5. The van der Waals surface area contributed by atoms with Gasteiger partial charge in [-0.1, -0.05) is 109 Å². The Hall–Kier alpha value is -6.46. The third-order valence-electron chi connectivity index (χ3n) is 8.86. The van der Waals surface area contributed by atoms with Crippen molar-refractivity contribution in [1.29, 1.82) is 0 Å². The Morgan fingerprint density at radius 2 is 1.39 bits per heavy atom. The van der Waals surface area contributed by atoms with Gasteiger partial charge in [0.2, 0.25) is 11.9 Å². The Bertz CT molecular complexity index is 2020. The third-order valence-corrected chi connectivity index (χ3v) is 8.86. The molecule has 0 unspecified atom stereocenters. The van der Waals surface area contributed by atoms with Gasteiger partial charge in [0.25, 0.3) is 5.91 Å². The maximum atomic E-state index is 13.7. The van der Waals surface area contributed by atoms with Crippen molar-refractivity contribution in [3.8, 4) is 11.5 Å². The van der Waals surface area contributed by atoms with E-state index in [1.165, 1.54) is 5.01 Å². The van der Waals surface area contributed by atoms with E-state index in [9.17, 15) is 14.4 Å². The number of ether oxygens (including phenoxy) is 2. The lowest BCUT2D eigenvalue weighted by Crippen LogP contribution is -2.52. The quantitative estimate of drug-likeness (QED) is 0.0924. The third kappa shape index (κ3) is 9.90. The van der Waals surface area contributed by atoms with Gasteiger partial charge < -0.3 is 19.3 Å². The number of amides is 3. The van der Waals surface area contributed by atoms with Gasteiger partial charge in [0.05, 0.1) is 12.3 Å². The highest BCUT2D eigenvalue weighted by Crippen LogP contribution is 2.36. The summed E-state index contributed by atoms with van der Waals surface area (Å²) >= 11 is 0. The van der Waals surface area contributed by atoms with Crippen LogP contribution >= 0.6 is 0 Å². The van der Waals surface area contributed by atoms with E-state index in [-0.39, 0.29) is 37.5 Å². The number of carbonyl (C=O) groups excluding carboxylic acids is 3. The van der Waals surface area contributed by atoms with Crippen molar-refractivity contribution in [1.82, 2.24) is 20.5 Å². The highest BCUT2D eigenvalue weighted by Gasteiger charge is 2.28. The molecule has 276 valence electrons. The molecule has 0 saturated heterocycles. The largest absolute Gasteiger partial charge is 0.491 e. The average Bonchev–Trinajstić information content (AvgIpc) is 3.18. The van der Waals surface area contributed by atoms with Crippen LogP contribution in [0.3, 0.4) is 0 Å². The first-order chi connectivity index (χ1) is 26.4. The predicted octanol–water partition coefficient (Wildman–Crippen LogP) is 7.14. The molecule has 5 aromatic carbocycles. The van der Waals surface area contributed by atoms with E-state index in [0.29, 0.717) is 43.1 Å². The van der Waals surface area contributed by atoms with Crippen LogP contribution in [-0.4, -0.2) is 53.9 Å². The highest BCUT2D eigenvalue weighted by molar-refractivity contribution is 6.01. The molecule has 5 aromatic rings. The number of nitrogens with zero attached hydrogens (tertiary/aromatic N) is 4. The Kier molecular flexibility index (Phi) is 12.7. The predicted molar refractivity (Wildman–Crippen MR) is 209 cm³/mol. The van der Waals surface area contributed by atoms with Gasteiger partial charge in [0.15, 0.2) is 0 Å². The number of rotatable bonds is 14. The highest BCUT2D eigenvalue weighted by atomic mass is 16.6. The summed E-state index contributed by atoms with van der Waals surface area (Å²) in [5.74, 6) is 0.779. The van der Waals surface area contributed by atoms with Gasteiger partial charge in [-0.05, 0) is 54.3 Å². The second-order valence-corrected chi connectivity index (χ2v) is 12.8. The Balaban J connectivity index is 1.16. The normalized spacial score (nSPS) is 11.9. The van der Waals surface area contributed by atoms with Crippen LogP contribution in [0, 0.1) is 6.92 Å². The number of guanidine groups is 1. The maximum Gasteiger partial charge on any atom is 0.419 e. The Labute approximate surface area is 315 Å². The molecule has 11 heteroatoms. The lowest BCUT2D eigenvalue weighted by Gasteiger charge is -2.32. The zero-order valence-electron chi connectivity index (χ0n) is 30.5. The topological polar surface area (TPSA) is 116 Å². The molecule has 11 nitrogen and oxygen atoms in total. The summed E-state index contributed by atoms with van der Waals surface area (Å²) in [7, 11) is 1.68. The smallest absolute Gasteiger partial charge is 0.419 e. The van der Waals surface area contributed by atoms with Gasteiger partial charge in [0.1, 0.15) is 23.7 Å². The van der Waals surface area contributed by atoms with Gasteiger partial charge in [-0.15, -0.1) is 0 Å². The molecule has 0 atom stereocenters. The van der Waals surface area contributed by atoms with Crippen molar-refractivity contribution in [3.63, 3.8) is 0 Å². The molecule has 0 radical (unpaired) electrons. The standard InChI is InChI=1S/C43H44N6O5/c1-32-16-12-13-24-37(32)49(44-2)40(51)31-48-30-35-21-14-25-38(41(35)45-42(48)46-43(52)54-36-22-10-5-11-23-36)53-27-15-26-39(50)47(28-33-17-6-3-7-18-33)29-34-19-8-4-9-20-34/h3-14,16-25,44H,15,26-31H2,1-2H3,(H,45,46,52). The van der Waals surface area contributed by atoms with Crippen molar-refractivity contribution in [3.05, 3.63) is 156 Å². The van der Waals surface area contributed by atoms with Crippen molar-refractivity contribution < 1.29 is 23.9 Å². The number of anilines is 1. The Morgan fingerprint density at radius 1 is 0.759 bits per heavy atom. The summed E-state index contributed by atoms with van der Waals surface area (Å²) in [5.41, 5.74) is 8.09. The molecule has 2 N–H and O–H groups in total. The SMILES string of the molecule is CNN(C(=O)CN1Cc2cccc(OCCCC(=O)N(Cc3ccccc3)Cc3ccccc3)c2N=C1NC(=O)Oc1ccccc1)c1ccccc1C. The first kappa shape index (κ1) is 37.3. The average molecular weight is 725 g/mol. The van der Waals surface area contributed by atoms with E-state index < -0.39 is 6.09 Å². The van der Waals surface area contributed by atoms with Crippen LogP contribution in [0.2, 0.25) is 0 Å². The number of nitrogens with one attached hydrogen (secondary N) is 2. The first-order valence-corrected chi connectivity index (χ1v) is 17.9. The summed E-state index contributed by atoms with van der Waals surface area (Å²) in [6, 6.07) is 41.8. The van der Waals surface area contributed by atoms with Crippen LogP contribution in [0.5, 0.6) is 11.5 Å². The lowest BCUT2D eigenvalue weighted by molar-refractivity contribution is -0.132. The van der Waals surface area contributed by atoms with Crippen molar-refractivity contribution in [2.45, 2.75) is 39.4 Å². The molecule has 0 bridgehead atoms. The van der Waals surface area contributed by atoms with Crippen molar-refractivity contribution in [2.75, 3.05) is 25.2 Å². The lowest BCUT2D eigenvalue weighted by atomic mass is 10.1. The Morgan fingerprint density at radius 3 is 2.04 bits per heavy atom. The van der Waals surface area contributed by atoms with E-state index in [1.807, 2.05) is 121 Å². The van der Waals surface area contributed by atoms with Gasteiger partial charge in [-0.2, -0.15) is 0 Å². The first-order valence-electron chi connectivity index (χ1n) is 17.9. The molecule has 54 heavy (non-hydrogen) atoms. The summed E-state index contributed by atoms with van der Waals surface area (Å²) in [4.78, 5) is 48.8. The summed E-state index contributed by atoms with van der Waals surface area (Å²) < 4.78 is 11.7. The molecule has 1 heterocycles. The number of para-hydroxylation sites is 3. The molecule has 6 rings (SSSR count). The van der Waals surface area contributed by atoms with E-state index in [2.05, 4.69) is 10.7 Å². The van der Waals surface area contributed by atoms with Crippen LogP contribution in [0.15, 0.2) is 138 Å². The maximum absolute atomic E-state index is 13.7. The number of hydrogen-bond acceptors (Lipinski definition) is 8. The molecule has 0 fully saturated rings. The van der Waals surface area contributed by atoms with E-state index in [4.69, 9.17) is 14.5 Å². The number of hydrazine groups is 1. The second kappa shape index (κ2) is 18.3. The zero-order chi connectivity index (χ0) is 37.7. The fourth-order valence-corrected chi connectivity index (χ4v) is 6.18. The number of aliphatic imine (C=N–C) groups is 1. The molecule has 1 aliphatic heterocycles. The fourth-order valence-electron chi connectivity index (χ4n) is 6.18. The molecule has 0 spiro atoms. The minimum Gasteiger partial charge on any atom is -0.491 e. The van der Waals surface area contributed by atoms with Crippen LogP contribution in [0.1, 0.15) is 35.1 Å². The summed E-state index contributed by atoms with van der Waals surface area (Å²) in [6.45, 7) is 3.39. The number of aryl methyl sites for hydroxylation is 1. The molecular weight excluding hydrogens is 681 g/mol. The monoisotopic (exact) mass is 724 g/mol. The molecule has 3 amide bonds. The van der Waals surface area contributed by atoms with Gasteiger partial charge in [-0.25, -0.2) is 20.2 Å². The van der Waals surface area contributed by atoms with E-state index in [1.54, 1.807) is 36.2 Å². The van der Waals surface area contributed by atoms with E-state index in [0.717, 1.165) is 27.9 Å². The molecular formula is C43H44N6O5. The minimum atomic E-state index is -0.752. The van der Waals surface area contributed by atoms with Crippen LogP contribution in [-0.2, 0) is 29.2 Å². The van der Waals surface area contributed by atoms with Crippen LogP contribution in [0.4, 0.5) is 16.2 Å². The second-order valence-electron chi connectivity index (χ2n) is 12.8. The van der Waals surface area contributed by atoms with Gasteiger partial charge >= 0.3 is 6.09 Å². The van der Waals surface area contributed by atoms with Gasteiger partial charge in [0, 0.05) is 38.7 Å².